The number of halogens is 2. The molecule has 0 N–H and O–H groups in total. The standard InChI is InChI=1S/C15H9ClFN3O/c16-10-4-3-5-11(8-10)20-15(14(9-21)18-19-20)12-6-1-2-7-13(12)17/h1-9H. The second kappa shape index (κ2) is 5.46. The fourth-order valence-electron chi connectivity index (χ4n) is 2.07. The molecule has 104 valence electrons. The van der Waals surface area contributed by atoms with Crippen molar-refractivity contribution >= 4 is 17.9 Å². The predicted molar refractivity (Wildman–Crippen MR) is 77.2 cm³/mol. The largest absolute Gasteiger partial charge is 0.296 e. The Hall–Kier alpha value is -2.53. The van der Waals surface area contributed by atoms with Gasteiger partial charge in [0, 0.05) is 10.6 Å². The quantitative estimate of drug-likeness (QED) is 0.695. The van der Waals surface area contributed by atoms with Crippen LogP contribution in [-0.2, 0) is 0 Å². The fourth-order valence-corrected chi connectivity index (χ4v) is 2.25. The zero-order valence-corrected chi connectivity index (χ0v) is 11.5. The van der Waals surface area contributed by atoms with Gasteiger partial charge in [-0.25, -0.2) is 9.07 Å². The van der Waals surface area contributed by atoms with Crippen molar-refractivity contribution in [3.05, 3.63) is 65.1 Å². The molecule has 0 saturated carbocycles. The summed E-state index contributed by atoms with van der Waals surface area (Å²) in [6.45, 7) is 0. The Bertz CT molecular complexity index is 816. The Kier molecular flexibility index (Phi) is 3.50. The number of benzene rings is 2. The number of hydrogen-bond donors (Lipinski definition) is 0. The summed E-state index contributed by atoms with van der Waals surface area (Å²) in [5, 5.41) is 8.23. The Morgan fingerprint density at radius 3 is 2.67 bits per heavy atom. The minimum absolute atomic E-state index is 0.0695. The highest BCUT2D eigenvalue weighted by atomic mass is 35.5. The van der Waals surface area contributed by atoms with Crippen LogP contribution in [0.25, 0.3) is 16.9 Å². The average Bonchev–Trinajstić information content (AvgIpc) is 2.91. The second-order valence-electron chi connectivity index (χ2n) is 4.31. The van der Waals surface area contributed by atoms with Gasteiger partial charge in [0.15, 0.2) is 12.0 Å². The van der Waals surface area contributed by atoms with Gasteiger partial charge in [-0.15, -0.1) is 5.10 Å². The maximum atomic E-state index is 14.0. The van der Waals surface area contributed by atoms with Crippen LogP contribution in [0.4, 0.5) is 4.39 Å². The first-order valence-corrected chi connectivity index (χ1v) is 6.50. The van der Waals surface area contributed by atoms with Gasteiger partial charge in [-0.05, 0) is 30.3 Å². The summed E-state index contributed by atoms with van der Waals surface area (Å²) in [7, 11) is 0. The number of aldehydes is 1. The summed E-state index contributed by atoms with van der Waals surface area (Å²) < 4.78 is 15.4. The molecule has 0 spiro atoms. The smallest absolute Gasteiger partial charge is 0.172 e. The minimum atomic E-state index is -0.453. The van der Waals surface area contributed by atoms with E-state index in [0.29, 0.717) is 22.7 Å². The fraction of sp³-hybridized carbons (Fsp3) is 0. The van der Waals surface area contributed by atoms with Crippen molar-refractivity contribution < 1.29 is 9.18 Å². The highest BCUT2D eigenvalue weighted by molar-refractivity contribution is 6.30. The van der Waals surface area contributed by atoms with Crippen LogP contribution in [0.3, 0.4) is 0 Å². The summed E-state index contributed by atoms with van der Waals surface area (Å²) in [5.41, 5.74) is 1.22. The molecule has 3 rings (SSSR count). The van der Waals surface area contributed by atoms with Gasteiger partial charge in [0.1, 0.15) is 11.5 Å². The molecule has 2 aromatic carbocycles. The first kappa shape index (κ1) is 13.5. The summed E-state index contributed by atoms with van der Waals surface area (Å²) in [4.78, 5) is 11.2. The van der Waals surface area contributed by atoms with Crippen LogP contribution in [0.2, 0.25) is 5.02 Å². The molecular weight excluding hydrogens is 293 g/mol. The van der Waals surface area contributed by atoms with Gasteiger partial charge < -0.3 is 0 Å². The van der Waals surface area contributed by atoms with E-state index >= 15 is 0 Å². The molecule has 0 amide bonds. The maximum Gasteiger partial charge on any atom is 0.172 e. The summed E-state index contributed by atoms with van der Waals surface area (Å²) >= 11 is 5.96. The molecule has 3 aromatic rings. The summed E-state index contributed by atoms with van der Waals surface area (Å²) in [5.74, 6) is -0.453. The van der Waals surface area contributed by atoms with E-state index in [9.17, 15) is 9.18 Å². The first-order chi connectivity index (χ1) is 10.2. The second-order valence-corrected chi connectivity index (χ2v) is 4.75. The summed E-state index contributed by atoms with van der Waals surface area (Å²) in [6.07, 6.45) is 0.551. The molecule has 4 nitrogen and oxygen atoms in total. The average molecular weight is 302 g/mol. The predicted octanol–water partition coefficient (Wildman–Crippen LogP) is 3.54. The van der Waals surface area contributed by atoms with Crippen LogP contribution >= 0.6 is 11.6 Å². The third kappa shape index (κ3) is 2.43. The van der Waals surface area contributed by atoms with Crippen molar-refractivity contribution in [2.24, 2.45) is 0 Å². The highest BCUT2D eigenvalue weighted by Gasteiger charge is 2.18. The van der Waals surface area contributed by atoms with Gasteiger partial charge in [-0.1, -0.05) is 35.0 Å². The highest BCUT2D eigenvalue weighted by Crippen LogP contribution is 2.27. The molecule has 0 radical (unpaired) electrons. The van der Waals surface area contributed by atoms with Gasteiger partial charge in [0.05, 0.1) is 5.69 Å². The van der Waals surface area contributed by atoms with E-state index in [0.717, 1.165) is 0 Å². The van der Waals surface area contributed by atoms with E-state index in [1.165, 1.54) is 10.7 Å². The van der Waals surface area contributed by atoms with Crippen molar-refractivity contribution in [2.45, 2.75) is 0 Å². The van der Waals surface area contributed by atoms with E-state index in [1.54, 1.807) is 42.5 Å². The molecule has 0 aliphatic heterocycles. The van der Waals surface area contributed by atoms with Gasteiger partial charge in [0.25, 0.3) is 0 Å². The lowest BCUT2D eigenvalue weighted by Gasteiger charge is -2.08. The van der Waals surface area contributed by atoms with Gasteiger partial charge in [-0.3, -0.25) is 4.79 Å². The van der Waals surface area contributed by atoms with Gasteiger partial charge in [-0.2, -0.15) is 0 Å². The van der Waals surface area contributed by atoms with Gasteiger partial charge >= 0.3 is 0 Å². The van der Waals surface area contributed by atoms with Crippen molar-refractivity contribution in [2.75, 3.05) is 0 Å². The van der Waals surface area contributed by atoms with Crippen molar-refractivity contribution in [3.8, 4) is 16.9 Å². The molecule has 0 unspecified atom stereocenters. The number of rotatable bonds is 3. The van der Waals surface area contributed by atoms with Crippen LogP contribution in [0.1, 0.15) is 10.5 Å². The van der Waals surface area contributed by atoms with Crippen LogP contribution in [0.15, 0.2) is 48.5 Å². The monoisotopic (exact) mass is 301 g/mol. The van der Waals surface area contributed by atoms with Crippen molar-refractivity contribution in [3.63, 3.8) is 0 Å². The van der Waals surface area contributed by atoms with E-state index in [2.05, 4.69) is 10.3 Å². The Morgan fingerprint density at radius 1 is 1.14 bits per heavy atom. The molecule has 6 heteroatoms. The third-order valence-electron chi connectivity index (χ3n) is 2.99. The number of nitrogens with zero attached hydrogens (tertiary/aromatic N) is 3. The van der Waals surface area contributed by atoms with Crippen LogP contribution < -0.4 is 0 Å². The molecule has 0 aliphatic rings. The molecule has 0 bridgehead atoms. The number of aromatic nitrogens is 3. The number of hydrogen-bond acceptors (Lipinski definition) is 3. The lowest BCUT2D eigenvalue weighted by atomic mass is 10.1. The van der Waals surface area contributed by atoms with Gasteiger partial charge in [0.2, 0.25) is 0 Å². The maximum absolute atomic E-state index is 14.0. The molecule has 0 atom stereocenters. The lowest BCUT2D eigenvalue weighted by Crippen LogP contribution is -2.01. The van der Waals surface area contributed by atoms with E-state index in [4.69, 9.17) is 11.6 Å². The zero-order valence-electron chi connectivity index (χ0n) is 10.7. The van der Waals surface area contributed by atoms with E-state index in [-0.39, 0.29) is 11.3 Å². The van der Waals surface area contributed by atoms with E-state index < -0.39 is 5.82 Å². The molecular formula is C15H9ClFN3O. The topological polar surface area (TPSA) is 47.8 Å². The number of carbonyl (C=O) groups is 1. The SMILES string of the molecule is O=Cc1nnn(-c2cccc(Cl)c2)c1-c1ccccc1F. The molecule has 0 saturated heterocycles. The van der Waals surface area contributed by atoms with Crippen LogP contribution in [0, 0.1) is 5.82 Å². The van der Waals surface area contributed by atoms with Crippen LogP contribution in [-0.4, -0.2) is 21.3 Å². The van der Waals surface area contributed by atoms with Crippen LogP contribution in [0.5, 0.6) is 0 Å². The Balaban J connectivity index is 2.27. The van der Waals surface area contributed by atoms with Crippen molar-refractivity contribution in [1.82, 2.24) is 15.0 Å². The molecule has 21 heavy (non-hydrogen) atoms. The van der Waals surface area contributed by atoms with E-state index in [1.807, 2.05) is 0 Å². The molecule has 0 fully saturated rings. The first-order valence-electron chi connectivity index (χ1n) is 6.12. The lowest BCUT2D eigenvalue weighted by molar-refractivity contribution is 0.111. The molecule has 1 heterocycles. The Morgan fingerprint density at radius 2 is 1.95 bits per heavy atom. The molecule has 0 aliphatic carbocycles. The molecule has 1 aromatic heterocycles. The zero-order chi connectivity index (χ0) is 14.8. The normalized spacial score (nSPS) is 10.6. The Labute approximate surface area is 124 Å². The summed E-state index contributed by atoms with van der Waals surface area (Å²) in [6, 6.07) is 13.0. The van der Waals surface area contributed by atoms with Crippen molar-refractivity contribution in [1.29, 1.82) is 0 Å². The number of carbonyl (C=O) groups excluding carboxylic acids is 1. The minimum Gasteiger partial charge on any atom is -0.296 e. The third-order valence-corrected chi connectivity index (χ3v) is 3.22.